The number of amides is 1. The van der Waals surface area contributed by atoms with E-state index in [0.717, 1.165) is 17.7 Å². The average Bonchev–Trinajstić information content (AvgIpc) is 2.74. The molecule has 1 fully saturated rings. The molecule has 0 saturated carbocycles. The standard InChI is InChI=1S/C26H33ClN2O3/c1-5-32-26(31)15-25(30)28-16-23(14-18(2)3)29(22-12-10-21(27)11-13-22)24(17-28)20-8-6-19(4)7-9-20/h6-13,18,23-24H,5,14-17H2,1-4H3. The summed E-state index contributed by atoms with van der Waals surface area (Å²) in [5, 5.41) is 0.698. The van der Waals surface area contributed by atoms with E-state index in [0.29, 0.717) is 24.0 Å². The molecule has 1 amide bonds. The summed E-state index contributed by atoms with van der Waals surface area (Å²) >= 11 is 6.17. The first-order valence-corrected chi connectivity index (χ1v) is 11.7. The van der Waals surface area contributed by atoms with Gasteiger partial charge in [0, 0.05) is 29.8 Å². The van der Waals surface area contributed by atoms with Crippen LogP contribution in [0.15, 0.2) is 48.5 Å². The van der Waals surface area contributed by atoms with Crippen molar-refractivity contribution in [2.45, 2.75) is 52.6 Å². The Hall–Kier alpha value is -2.53. The molecule has 2 aromatic rings. The molecular weight excluding hydrogens is 424 g/mol. The Labute approximate surface area is 196 Å². The number of esters is 1. The van der Waals surface area contributed by atoms with Crippen LogP contribution >= 0.6 is 11.6 Å². The van der Waals surface area contributed by atoms with Gasteiger partial charge in [0.15, 0.2) is 0 Å². The molecule has 0 aliphatic carbocycles. The number of anilines is 1. The van der Waals surface area contributed by atoms with Gasteiger partial charge in [0.2, 0.25) is 5.91 Å². The summed E-state index contributed by atoms with van der Waals surface area (Å²) in [5.41, 5.74) is 3.42. The zero-order valence-corrected chi connectivity index (χ0v) is 20.1. The molecular formula is C26H33ClN2O3. The van der Waals surface area contributed by atoms with E-state index >= 15 is 0 Å². The highest BCUT2D eigenvalue weighted by atomic mass is 35.5. The largest absolute Gasteiger partial charge is 0.466 e. The highest BCUT2D eigenvalue weighted by Crippen LogP contribution is 2.36. The zero-order valence-electron chi connectivity index (χ0n) is 19.4. The van der Waals surface area contributed by atoms with Crippen molar-refractivity contribution >= 4 is 29.2 Å². The van der Waals surface area contributed by atoms with Gasteiger partial charge in [-0.1, -0.05) is 55.3 Å². The Morgan fingerprint density at radius 2 is 1.72 bits per heavy atom. The molecule has 2 atom stereocenters. The van der Waals surface area contributed by atoms with Crippen molar-refractivity contribution in [3.63, 3.8) is 0 Å². The summed E-state index contributed by atoms with van der Waals surface area (Å²) in [6.07, 6.45) is 0.706. The summed E-state index contributed by atoms with van der Waals surface area (Å²) in [4.78, 5) is 29.3. The number of hydrogen-bond acceptors (Lipinski definition) is 4. The SMILES string of the molecule is CCOC(=O)CC(=O)N1CC(CC(C)C)N(c2ccc(Cl)cc2)C(c2ccc(C)cc2)C1. The number of halogens is 1. The van der Waals surface area contributed by atoms with E-state index in [9.17, 15) is 9.59 Å². The smallest absolute Gasteiger partial charge is 0.315 e. The van der Waals surface area contributed by atoms with Crippen LogP contribution < -0.4 is 4.90 Å². The van der Waals surface area contributed by atoms with Crippen molar-refractivity contribution in [1.82, 2.24) is 4.90 Å². The number of hydrogen-bond donors (Lipinski definition) is 0. The Morgan fingerprint density at radius 3 is 2.31 bits per heavy atom. The van der Waals surface area contributed by atoms with Crippen LogP contribution in [-0.2, 0) is 14.3 Å². The van der Waals surface area contributed by atoms with Crippen LogP contribution in [0.5, 0.6) is 0 Å². The first kappa shape index (κ1) is 24.1. The lowest BCUT2D eigenvalue weighted by Gasteiger charge is -2.49. The highest BCUT2D eigenvalue weighted by molar-refractivity contribution is 6.30. The maximum absolute atomic E-state index is 13.0. The summed E-state index contributed by atoms with van der Waals surface area (Å²) in [7, 11) is 0. The Bertz CT molecular complexity index is 912. The van der Waals surface area contributed by atoms with Gasteiger partial charge in [-0.25, -0.2) is 0 Å². The van der Waals surface area contributed by atoms with Gasteiger partial charge < -0.3 is 14.5 Å². The summed E-state index contributed by atoms with van der Waals surface area (Å²) in [6, 6.07) is 16.5. The molecule has 1 heterocycles. The molecule has 0 radical (unpaired) electrons. The van der Waals surface area contributed by atoms with Crippen LogP contribution in [0, 0.1) is 12.8 Å². The number of aryl methyl sites for hydroxylation is 1. The lowest BCUT2D eigenvalue weighted by molar-refractivity contribution is -0.149. The predicted octanol–water partition coefficient (Wildman–Crippen LogP) is 5.41. The molecule has 2 unspecified atom stereocenters. The normalized spacial score (nSPS) is 18.7. The van der Waals surface area contributed by atoms with Crippen molar-refractivity contribution < 1.29 is 14.3 Å². The number of nitrogens with zero attached hydrogens (tertiary/aromatic N) is 2. The molecule has 32 heavy (non-hydrogen) atoms. The van der Waals surface area contributed by atoms with Crippen molar-refractivity contribution in [3.05, 3.63) is 64.7 Å². The van der Waals surface area contributed by atoms with Crippen molar-refractivity contribution in [1.29, 1.82) is 0 Å². The predicted molar refractivity (Wildman–Crippen MR) is 129 cm³/mol. The molecule has 172 valence electrons. The van der Waals surface area contributed by atoms with Crippen LogP contribution in [0.4, 0.5) is 5.69 Å². The van der Waals surface area contributed by atoms with Gasteiger partial charge >= 0.3 is 5.97 Å². The number of carbonyl (C=O) groups is 2. The molecule has 6 heteroatoms. The van der Waals surface area contributed by atoms with E-state index < -0.39 is 5.97 Å². The number of benzene rings is 2. The molecule has 0 aromatic heterocycles. The average molecular weight is 457 g/mol. The summed E-state index contributed by atoms with van der Waals surface area (Å²) in [6.45, 7) is 9.57. The Balaban J connectivity index is 1.98. The second-order valence-electron chi connectivity index (χ2n) is 8.87. The third kappa shape index (κ3) is 6.04. The van der Waals surface area contributed by atoms with Crippen molar-refractivity contribution in [2.24, 2.45) is 5.92 Å². The van der Waals surface area contributed by atoms with E-state index in [1.807, 2.05) is 29.2 Å². The minimum Gasteiger partial charge on any atom is -0.466 e. The number of piperazine rings is 1. The minimum absolute atomic E-state index is 0.0274. The molecule has 1 aliphatic heterocycles. The Kier molecular flexibility index (Phi) is 8.19. The van der Waals surface area contributed by atoms with Gasteiger partial charge in [0.1, 0.15) is 6.42 Å². The topological polar surface area (TPSA) is 49.9 Å². The highest BCUT2D eigenvalue weighted by Gasteiger charge is 2.38. The van der Waals surface area contributed by atoms with Gasteiger partial charge in [-0.05, 0) is 56.0 Å². The fourth-order valence-corrected chi connectivity index (χ4v) is 4.54. The van der Waals surface area contributed by atoms with Crippen LogP contribution in [0.3, 0.4) is 0 Å². The van der Waals surface area contributed by atoms with Crippen LogP contribution in [0.2, 0.25) is 5.02 Å². The quantitative estimate of drug-likeness (QED) is 0.413. The maximum Gasteiger partial charge on any atom is 0.315 e. The number of ether oxygens (including phenoxy) is 1. The summed E-state index contributed by atoms with van der Waals surface area (Å²) in [5.74, 6) is -0.191. The first-order chi connectivity index (χ1) is 15.3. The number of rotatable bonds is 7. The monoisotopic (exact) mass is 456 g/mol. The minimum atomic E-state index is -0.468. The van der Waals surface area contributed by atoms with E-state index in [2.05, 4.69) is 49.9 Å². The van der Waals surface area contributed by atoms with Crippen LogP contribution in [-0.4, -0.2) is 42.5 Å². The van der Waals surface area contributed by atoms with Crippen LogP contribution in [0.25, 0.3) is 0 Å². The van der Waals surface area contributed by atoms with Gasteiger partial charge in [-0.15, -0.1) is 0 Å². The second kappa shape index (κ2) is 10.9. The lowest BCUT2D eigenvalue weighted by Crippen LogP contribution is -2.57. The zero-order chi connectivity index (χ0) is 23.3. The molecule has 0 bridgehead atoms. The molecule has 1 aliphatic rings. The fourth-order valence-electron chi connectivity index (χ4n) is 4.41. The third-order valence-corrected chi connectivity index (χ3v) is 6.09. The maximum atomic E-state index is 13.0. The molecule has 3 rings (SSSR count). The van der Waals surface area contributed by atoms with E-state index in [1.165, 1.54) is 5.56 Å². The van der Waals surface area contributed by atoms with Gasteiger partial charge in [-0.2, -0.15) is 0 Å². The Morgan fingerprint density at radius 1 is 1.06 bits per heavy atom. The van der Waals surface area contributed by atoms with Gasteiger partial charge in [0.25, 0.3) is 0 Å². The van der Waals surface area contributed by atoms with Crippen molar-refractivity contribution in [2.75, 3.05) is 24.6 Å². The molecule has 5 nitrogen and oxygen atoms in total. The molecule has 2 aromatic carbocycles. The fraction of sp³-hybridized carbons (Fsp3) is 0.462. The second-order valence-corrected chi connectivity index (χ2v) is 9.31. The van der Waals surface area contributed by atoms with E-state index in [-0.39, 0.29) is 31.0 Å². The third-order valence-electron chi connectivity index (χ3n) is 5.84. The van der Waals surface area contributed by atoms with E-state index in [4.69, 9.17) is 16.3 Å². The van der Waals surface area contributed by atoms with Gasteiger partial charge in [-0.3, -0.25) is 9.59 Å². The molecule has 1 saturated heterocycles. The van der Waals surface area contributed by atoms with Gasteiger partial charge in [0.05, 0.1) is 12.6 Å². The van der Waals surface area contributed by atoms with E-state index in [1.54, 1.807) is 6.92 Å². The lowest BCUT2D eigenvalue weighted by atomic mass is 9.92. The molecule has 0 spiro atoms. The number of carbonyl (C=O) groups excluding carboxylic acids is 2. The van der Waals surface area contributed by atoms with Crippen molar-refractivity contribution in [3.8, 4) is 0 Å². The van der Waals surface area contributed by atoms with Crippen LogP contribution in [0.1, 0.15) is 50.8 Å². The first-order valence-electron chi connectivity index (χ1n) is 11.3. The molecule has 0 N–H and O–H groups in total. The summed E-state index contributed by atoms with van der Waals surface area (Å²) < 4.78 is 5.01.